The first-order valence-corrected chi connectivity index (χ1v) is 8.70. The smallest absolute Gasteiger partial charge is 0.323 e. The van der Waals surface area contributed by atoms with Crippen LogP contribution >= 0.6 is 0 Å². The molecule has 2 fully saturated rings. The molecule has 136 valence electrons. The Morgan fingerprint density at radius 2 is 2.04 bits per heavy atom. The lowest BCUT2D eigenvalue weighted by Gasteiger charge is -2.28. The van der Waals surface area contributed by atoms with Crippen molar-refractivity contribution in [3.63, 3.8) is 0 Å². The average Bonchev–Trinajstić information content (AvgIpc) is 3.34. The third-order valence-corrected chi connectivity index (χ3v) is 4.86. The fraction of sp³-hybridized carbons (Fsp3) is 0.647. The minimum Gasteiger partial charge on any atom is -0.480 e. The molecule has 2 amide bonds. The van der Waals surface area contributed by atoms with Gasteiger partial charge in [0.15, 0.2) is 5.69 Å². The van der Waals surface area contributed by atoms with E-state index in [0.29, 0.717) is 44.0 Å². The van der Waals surface area contributed by atoms with Gasteiger partial charge in [0, 0.05) is 38.0 Å². The van der Waals surface area contributed by atoms with Crippen LogP contribution in [-0.2, 0) is 9.59 Å². The number of likely N-dealkylation sites (tertiary alicyclic amines) is 1. The van der Waals surface area contributed by atoms with Gasteiger partial charge in [-0.15, -0.1) is 0 Å². The standard InChI is InChI=1S/C17H23N3O5/c1-11(21)20(10-16(22)23)13-3-2-7-19(8-6-13)17(24)14-9-15(25-18-14)12-4-5-12/h9,12-13H,2-8,10H2,1H3,(H,22,23). The predicted molar refractivity (Wildman–Crippen MR) is 87.0 cm³/mol. The molecule has 0 radical (unpaired) electrons. The molecule has 2 heterocycles. The van der Waals surface area contributed by atoms with Gasteiger partial charge in [-0.05, 0) is 32.1 Å². The van der Waals surface area contributed by atoms with Gasteiger partial charge in [-0.25, -0.2) is 0 Å². The third-order valence-electron chi connectivity index (χ3n) is 4.86. The Morgan fingerprint density at radius 3 is 2.68 bits per heavy atom. The van der Waals surface area contributed by atoms with Crippen molar-refractivity contribution in [1.29, 1.82) is 0 Å². The molecule has 2 aliphatic rings. The maximum absolute atomic E-state index is 12.6. The van der Waals surface area contributed by atoms with Crippen molar-refractivity contribution < 1.29 is 24.0 Å². The van der Waals surface area contributed by atoms with Crippen molar-refractivity contribution in [2.24, 2.45) is 0 Å². The molecule has 1 saturated carbocycles. The van der Waals surface area contributed by atoms with Crippen LogP contribution in [0.25, 0.3) is 0 Å². The first-order valence-electron chi connectivity index (χ1n) is 8.70. The van der Waals surface area contributed by atoms with E-state index in [2.05, 4.69) is 5.16 Å². The first kappa shape index (κ1) is 17.4. The van der Waals surface area contributed by atoms with E-state index in [9.17, 15) is 14.4 Å². The lowest BCUT2D eigenvalue weighted by atomic mass is 10.1. The monoisotopic (exact) mass is 349 g/mol. The SMILES string of the molecule is CC(=O)N(CC(=O)O)C1CCCN(C(=O)c2cc(C3CC3)on2)CC1. The van der Waals surface area contributed by atoms with Crippen LogP contribution in [0.2, 0.25) is 0 Å². The van der Waals surface area contributed by atoms with E-state index in [-0.39, 0.29) is 24.4 Å². The molecule has 1 N–H and O–H groups in total. The highest BCUT2D eigenvalue weighted by atomic mass is 16.5. The number of carbonyl (C=O) groups is 3. The van der Waals surface area contributed by atoms with Gasteiger partial charge >= 0.3 is 5.97 Å². The minimum atomic E-state index is -1.03. The quantitative estimate of drug-likeness (QED) is 0.863. The van der Waals surface area contributed by atoms with Crippen LogP contribution < -0.4 is 0 Å². The molecule has 0 bridgehead atoms. The van der Waals surface area contributed by atoms with Crippen molar-refractivity contribution >= 4 is 17.8 Å². The van der Waals surface area contributed by atoms with E-state index in [4.69, 9.17) is 9.63 Å². The number of nitrogens with zero attached hydrogens (tertiary/aromatic N) is 3. The van der Waals surface area contributed by atoms with Crippen molar-refractivity contribution in [2.75, 3.05) is 19.6 Å². The Kier molecular flexibility index (Phi) is 5.06. The molecule has 1 aromatic rings. The topological polar surface area (TPSA) is 104 Å². The lowest BCUT2D eigenvalue weighted by molar-refractivity contribution is -0.145. The molecular formula is C17H23N3O5. The highest BCUT2D eigenvalue weighted by Crippen LogP contribution is 2.40. The van der Waals surface area contributed by atoms with Gasteiger partial charge < -0.3 is 19.4 Å². The van der Waals surface area contributed by atoms with E-state index in [1.54, 1.807) is 11.0 Å². The summed E-state index contributed by atoms with van der Waals surface area (Å²) in [7, 11) is 0. The number of amides is 2. The number of aliphatic carboxylic acids is 1. The minimum absolute atomic E-state index is 0.161. The van der Waals surface area contributed by atoms with E-state index >= 15 is 0 Å². The molecule has 1 aromatic heterocycles. The summed E-state index contributed by atoms with van der Waals surface area (Å²) in [5, 5.41) is 12.9. The summed E-state index contributed by atoms with van der Waals surface area (Å²) in [5.41, 5.74) is 0.328. The van der Waals surface area contributed by atoms with Crippen LogP contribution in [0.1, 0.15) is 61.2 Å². The average molecular weight is 349 g/mol. The molecule has 1 aliphatic heterocycles. The Balaban J connectivity index is 1.62. The van der Waals surface area contributed by atoms with Gasteiger partial charge in [0.2, 0.25) is 5.91 Å². The molecule has 8 nitrogen and oxygen atoms in total. The van der Waals surface area contributed by atoms with Gasteiger partial charge in [0.1, 0.15) is 12.3 Å². The summed E-state index contributed by atoms with van der Waals surface area (Å²) in [6, 6.07) is 1.57. The summed E-state index contributed by atoms with van der Waals surface area (Å²) < 4.78 is 5.25. The maximum Gasteiger partial charge on any atom is 0.323 e. The summed E-state index contributed by atoms with van der Waals surface area (Å²) in [4.78, 5) is 38.5. The highest BCUT2D eigenvalue weighted by molar-refractivity contribution is 5.92. The van der Waals surface area contributed by atoms with Crippen molar-refractivity contribution in [1.82, 2.24) is 15.0 Å². The van der Waals surface area contributed by atoms with Crippen molar-refractivity contribution in [2.45, 2.75) is 51.0 Å². The molecule has 0 spiro atoms. The second-order valence-corrected chi connectivity index (χ2v) is 6.81. The highest BCUT2D eigenvalue weighted by Gasteiger charge is 2.31. The molecule has 25 heavy (non-hydrogen) atoms. The molecule has 1 aliphatic carbocycles. The Morgan fingerprint density at radius 1 is 1.28 bits per heavy atom. The number of rotatable bonds is 5. The van der Waals surface area contributed by atoms with Crippen LogP contribution in [-0.4, -0.2) is 63.5 Å². The zero-order valence-corrected chi connectivity index (χ0v) is 14.3. The largest absolute Gasteiger partial charge is 0.480 e. The van der Waals surface area contributed by atoms with Crippen LogP contribution in [0.15, 0.2) is 10.6 Å². The van der Waals surface area contributed by atoms with Gasteiger partial charge in [-0.1, -0.05) is 5.16 Å². The van der Waals surface area contributed by atoms with Crippen LogP contribution in [0.3, 0.4) is 0 Å². The second kappa shape index (κ2) is 7.25. The number of aromatic nitrogens is 1. The van der Waals surface area contributed by atoms with Crippen molar-refractivity contribution in [3.05, 3.63) is 17.5 Å². The first-order chi connectivity index (χ1) is 12.0. The summed E-state index contributed by atoms with van der Waals surface area (Å²) in [6.45, 7) is 2.12. The Labute approximate surface area is 145 Å². The van der Waals surface area contributed by atoms with Gasteiger partial charge in [-0.3, -0.25) is 14.4 Å². The van der Waals surface area contributed by atoms with E-state index in [1.807, 2.05) is 0 Å². The van der Waals surface area contributed by atoms with E-state index in [1.165, 1.54) is 11.8 Å². The fourth-order valence-corrected chi connectivity index (χ4v) is 3.35. The molecule has 1 atom stereocenters. The predicted octanol–water partition coefficient (Wildman–Crippen LogP) is 1.48. The van der Waals surface area contributed by atoms with Gasteiger partial charge in [-0.2, -0.15) is 0 Å². The van der Waals surface area contributed by atoms with Crippen LogP contribution in [0.4, 0.5) is 0 Å². The van der Waals surface area contributed by atoms with Gasteiger partial charge in [0.25, 0.3) is 5.91 Å². The van der Waals surface area contributed by atoms with Crippen LogP contribution in [0, 0.1) is 0 Å². The number of carboxylic acid groups (broad SMARTS) is 1. The number of carboxylic acids is 1. The Hall–Kier alpha value is -2.38. The molecule has 3 rings (SSSR count). The number of hydrogen-bond donors (Lipinski definition) is 1. The normalized spacial score (nSPS) is 20.8. The zero-order chi connectivity index (χ0) is 18.0. The molecule has 1 saturated heterocycles. The third kappa shape index (κ3) is 4.18. The molecular weight excluding hydrogens is 326 g/mol. The lowest BCUT2D eigenvalue weighted by Crippen LogP contribution is -2.43. The maximum atomic E-state index is 12.6. The number of hydrogen-bond acceptors (Lipinski definition) is 5. The van der Waals surface area contributed by atoms with Crippen molar-refractivity contribution in [3.8, 4) is 0 Å². The number of carbonyl (C=O) groups excluding carboxylic acids is 2. The summed E-state index contributed by atoms with van der Waals surface area (Å²) >= 11 is 0. The Bertz CT molecular complexity index is 667. The van der Waals surface area contributed by atoms with Crippen LogP contribution in [0.5, 0.6) is 0 Å². The molecule has 1 unspecified atom stereocenters. The zero-order valence-electron chi connectivity index (χ0n) is 14.3. The van der Waals surface area contributed by atoms with E-state index in [0.717, 1.165) is 18.6 Å². The van der Waals surface area contributed by atoms with E-state index < -0.39 is 5.97 Å². The second-order valence-electron chi connectivity index (χ2n) is 6.81. The van der Waals surface area contributed by atoms with Gasteiger partial charge in [0.05, 0.1) is 0 Å². The molecule has 0 aromatic carbocycles. The summed E-state index contributed by atoms with van der Waals surface area (Å²) in [6.07, 6.45) is 4.12. The fourth-order valence-electron chi connectivity index (χ4n) is 3.35. The molecule has 8 heteroatoms. The summed E-state index contributed by atoms with van der Waals surface area (Å²) in [5.74, 6) is -0.257.